The van der Waals surface area contributed by atoms with Crippen LogP contribution >= 0.6 is 11.5 Å². The lowest BCUT2D eigenvalue weighted by Gasteiger charge is -2.02. The molecule has 0 unspecified atom stereocenters. The molecule has 0 atom stereocenters. The van der Waals surface area contributed by atoms with E-state index in [9.17, 15) is 4.79 Å². The minimum absolute atomic E-state index is 0.234. The monoisotopic (exact) mass is 212 g/mol. The third-order valence-electron chi connectivity index (χ3n) is 1.58. The smallest absolute Gasteiger partial charge is 0.257 e. The summed E-state index contributed by atoms with van der Waals surface area (Å²) < 4.78 is 3.90. The van der Waals surface area contributed by atoms with E-state index in [4.69, 9.17) is 5.73 Å². The van der Waals surface area contributed by atoms with E-state index >= 15 is 0 Å². The Morgan fingerprint density at radius 1 is 1.79 bits per heavy atom. The van der Waals surface area contributed by atoms with Crippen LogP contribution in [0, 0.1) is 0 Å². The fourth-order valence-electron chi connectivity index (χ4n) is 0.932. The van der Waals surface area contributed by atoms with Crippen LogP contribution in [0.4, 0.5) is 10.8 Å². The van der Waals surface area contributed by atoms with Gasteiger partial charge < -0.3 is 16.4 Å². The van der Waals surface area contributed by atoms with Gasteiger partial charge in [0.2, 0.25) is 0 Å². The Morgan fingerprint density at radius 2 is 2.50 bits per heavy atom. The molecule has 5 nitrogen and oxygen atoms in total. The zero-order valence-electron chi connectivity index (χ0n) is 7.83. The Kier molecular flexibility index (Phi) is 3.47. The summed E-state index contributed by atoms with van der Waals surface area (Å²) in [7, 11) is 1.55. The van der Waals surface area contributed by atoms with Crippen molar-refractivity contribution >= 4 is 28.3 Å². The lowest BCUT2D eigenvalue weighted by Crippen LogP contribution is -2.20. The average molecular weight is 212 g/mol. The maximum absolute atomic E-state index is 11.4. The second-order valence-electron chi connectivity index (χ2n) is 2.52. The zero-order chi connectivity index (χ0) is 10.6. The number of nitrogen functional groups attached to an aromatic ring is 1. The van der Waals surface area contributed by atoms with Gasteiger partial charge in [0.25, 0.3) is 5.91 Å². The van der Waals surface area contributed by atoms with Gasteiger partial charge in [-0.15, -0.1) is 6.58 Å². The number of rotatable bonds is 4. The van der Waals surface area contributed by atoms with Crippen molar-refractivity contribution in [3.63, 3.8) is 0 Å². The van der Waals surface area contributed by atoms with Gasteiger partial charge in [0, 0.05) is 13.6 Å². The number of aromatic nitrogens is 1. The Bertz CT molecular complexity index is 347. The van der Waals surface area contributed by atoms with Gasteiger partial charge in [-0.1, -0.05) is 6.08 Å². The molecule has 0 fully saturated rings. The predicted molar refractivity (Wildman–Crippen MR) is 58.6 cm³/mol. The highest BCUT2D eigenvalue weighted by atomic mass is 32.1. The van der Waals surface area contributed by atoms with Gasteiger partial charge in [-0.3, -0.25) is 4.79 Å². The number of nitrogens with zero attached hydrogens (tertiary/aromatic N) is 1. The van der Waals surface area contributed by atoms with Crippen LogP contribution in [0.15, 0.2) is 12.7 Å². The first-order chi connectivity index (χ1) is 6.70. The van der Waals surface area contributed by atoms with E-state index in [0.717, 1.165) is 0 Å². The van der Waals surface area contributed by atoms with E-state index in [0.29, 0.717) is 17.1 Å². The molecular weight excluding hydrogens is 200 g/mol. The minimum atomic E-state index is -0.234. The Balaban J connectivity index is 2.93. The standard InChI is InChI=1S/C8H12N4OS/c1-3-4-11-8-5(7(13)10-2)6(9)12-14-8/h3,11H,1,4H2,2H3,(H2,9,12)(H,10,13). The molecule has 0 spiro atoms. The molecule has 0 radical (unpaired) electrons. The van der Waals surface area contributed by atoms with Gasteiger partial charge in [0.1, 0.15) is 10.6 Å². The maximum Gasteiger partial charge on any atom is 0.257 e. The van der Waals surface area contributed by atoms with Crippen molar-refractivity contribution < 1.29 is 4.79 Å². The van der Waals surface area contributed by atoms with Crippen molar-refractivity contribution in [1.82, 2.24) is 9.69 Å². The quantitative estimate of drug-likeness (QED) is 0.641. The second kappa shape index (κ2) is 4.61. The van der Waals surface area contributed by atoms with Crippen molar-refractivity contribution in [2.24, 2.45) is 0 Å². The number of hydrogen-bond donors (Lipinski definition) is 3. The molecule has 1 amide bonds. The molecule has 1 rings (SSSR count). The van der Waals surface area contributed by atoms with Gasteiger partial charge in [-0.25, -0.2) is 0 Å². The Hall–Kier alpha value is -1.56. The van der Waals surface area contributed by atoms with E-state index < -0.39 is 0 Å². The number of carbonyl (C=O) groups excluding carboxylic acids is 1. The molecule has 1 aromatic heterocycles. The topological polar surface area (TPSA) is 80.0 Å². The lowest BCUT2D eigenvalue weighted by atomic mass is 10.3. The van der Waals surface area contributed by atoms with Gasteiger partial charge in [0.15, 0.2) is 5.82 Å². The molecule has 0 bridgehead atoms. The number of anilines is 2. The number of nitrogens with one attached hydrogen (secondary N) is 2. The van der Waals surface area contributed by atoms with E-state index in [2.05, 4.69) is 21.6 Å². The highest BCUT2D eigenvalue weighted by Gasteiger charge is 2.17. The van der Waals surface area contributed by atoms with Crippen LogP contribution in [0.1, 0.15) is 10.4 Å². The first-order valence-corrected chi connectivity index (χ1v) is 4.80. The van der Waals surface area contributed by atoms with E-state index in [-0.39, 0.29) is 11.7 Å². The van der Waals surface area contributed by atoms with Gasteiger partial charge in [0.05, 0.1) is 0 Å². The van der Waals surface area contributed by atoms with Crippen molar-refractivity contribution in [2.45, 2.75) is 0 Å². The van der Waals surface area contributed by atoms with Crippen LogP contribution in [0.3, 0.4) is 0 Å². The van der Waals surface area contributed by atoms with Crippen molar-refractivity contribution in [2.75, 3.05) is 24.6 Å². The molecule has 6 heteroatoms. The molecule has 76 valence electrons. The van der Waals surface area contributed by atoms with Crippen LogP contribution < -0.4 is 16.4 Å². The SMILES string of the molecule is C=CCNc1snc(N)c1C(=O)NC. The third-order valence-corrected chi connectivity index (χ3v) is 2.40. The average Bonchev–Trinajstić information content (AvgIpc) is 2.55. The summed E-state index contributed by atoms with van der Waals surface area (Å²) in [5.41, 5.74) is 5.96. The fraction of sp³-hybridized carbons (Fsp3) is 0.250. The van der Waals surface area contributed by atoms with Crippen molar-refractivity contribution in [3.8, 4) is 0 Å². The molecule has 1 aromatic rings. The van der Waals surface area contributed by atoms with Gasteiger partial charge in [-0.05, 0) is 11.5 Å². The molecule has 0 saturated heterocycles. The highest BCUT2D eigenvalue weighted by Crippen LogP contribution is 2.26. The summed E-state index contributed by atoms with van der Waals surface area (Å²) in [6.07, 6.45) is 1.70. The number of hydrogen-bond acceptors (Lipinski definition) is 5. The van der Waals surface area contributed by atoms with Crippen LogP contribution in [0.2, 0.25) is 0 Å². The highest BCUT2D eigenvalue weighted by molar-refractivity contribution is 7.11. The number of nitrogens with two attached hydrogens (primary N) is 1. The molecule has 0 aliphatic heterocycles. The first kappa shape index (κ1) is 10.5. The zero-order valence-corrected chi connectivity index (χ0v) is 8.65. The number of carbonyl (C=O) groups is 1. The summed E-state index contributed by atoms with van der Waals surface area (Å²) in [6, 6.07) is 0. The van der Waals surface area contributed by atoms with Crippen LogP contribution in [0.5, 0.6) is 0 Å². The van der Waals surface area contributed by atoms with Crippen molar-refractivity contribution in [1.29, 1.82) is 0 Å². The summed E-state index contributed by atoms with van der Waals surface area (Å²) >= 11 is 1.17. The summed E-state index contributed by atoms with van der Waals surface area (Å²) in [6.45, 7) is 4.14. The molecule has 0 saturated carbocycles. The molecule has 0 aliphatic carbocycles. The van der Waals surface area contributed by atoms with Gasteiger partial charge >= 0.3 is 0 Å². The summed E-state index contributed by atoms with van der Waals surface area (Å²) in [4.78, 5) is 11.4. The second-order valence-corrected chi connectivity index (χ2v) is 3.29. The Morgan fingerprint density at radius 3 is 3.07 bits per heavy atom. The molecule has 0 aromatic carbocycles. The molecule has 4 N–H and O–H groups in total. The molecule has 1 heterocycles. The fourth-order valence-corrected chi connectivity index (χ4v) is 1.65. The normalized spacial score (nSPS) is 9.50. The van der Waals surface area contributed by atoms with E-state index in [1.807, 2.05) is 0 Å². The minimum Gasteiger partial charge on any atom is -0.382 e. The van der Waals surface area contributed by atoms with Crippen LogP contribution in [-0.2, 0) is 0 Å². The molecule has 0 aliphatic rings. The Labute approximate surface area is 86.2 Å². The van der Waals surface area contributed by atoms with E-state index in [1.54, 1.807) is 13.1 Å². The predicted octanol–water partition coefficient (Wildman–Crippen LogP) is 0.683. The maximum atomic E-state index is 11.4. The third kappa shape index (κ3) is 2.02. The van der Waals surface area contributed by atoms with Gasteiger partial charge in [-0.2, -0.15) is 4.37 Å². The van der Waals surface area contributed by atoms with Crippen molar-refractivity contribution in [3.05, 3.63) is 18.2 Å². The summed E-state index contributed by atoms with van der Waals surface area (Å²) in [5.74, 6) is 0.0173. The van der Waals surface area contributed by atoms with E-state index in [1.165, 1.54) is 11.5 Å². The number of amides is 1. The largest absolute Gasteiger partial charge is 0.382 e. The molecular formula is C8H12N4OS. The summed E-state index contributed by atoms with van der Waals surface area (Å²) in [5, 5.41) is 6.17. The van der Waals surface area contributed by atoms with Crippen LogP contribution in [-0.4, -0.2) is 23.9 Å². The van der Waals surface area contributed by atoms with Crippen LogP contribution in [0.25, 0.3) is 0 Å². The molecule has 14 heavy (non-hydrogen) atoms. The lowest BCUT2D eigenvalue weighted by molar-refractivity contribution is 0.0965. The first-order valence-electron chi connectivity index (χ1n) is 4.02.